The van der Waals surface area contributed by atoms with Crippen molar-refractivity contribution in [2.45, 2.75) is 5.37 Å². The van der Waals surface area contributed by atoms with Gasteiger partial charge in [-0.25, -0.2) is 4.98 Å². The van der Waals surface area contributed by atoms with Crippen LogP contribution in [0.15, 0.2) is 48.5 Å². The molecule has 1 unspecified atom stereocenters. The summed E-state index contributed by atoms with van der Waals surface area (Å²) in [6.07, 6.45) is 0. The molecule has 3 heterocycles. The molecule has 0 aliphatic carbocycles. The first kappa shape index (κ1) is 17.4. The van der Waals surface area contributed by atoms with Crippen molar-refractivity contribution in [2.24, 2.45) is 0 Å². The average molecular weight is 408 g/mol. The lowest BCUT2D eigenvalue weighted by Gasteiger charge is -2.23. The molecular weight excluding hydrogens is 390 g/mol. The van der Waals surface area contributed by atoms with Crippen molar-refractivity contribution in [1.29, 1.82) is 0 Å². The maximum atomic E-state index is 12.7. The first-order chi connectivity index (χ1) is 13.6. The highest BCUT2D eigenvalue weighted by Crippen LogP contribution is 2.44. The maximum Gasteiger partial charge on any atom is 0.240 e. The summed E-state index contributed by atoms with van der Waals surface area (Å²) in [5.41, 5.74) is 3.89. The van der Waals surface area contributed by atoms with Gasteiger partial charge in [0.15, 0.2) is 0 Å². The van der Waals surface area contributed by atoms with Crippen molar-refractivity contribution in [3.8, 4) is 10.7 Å². The van der Waals surface area contributed by atoms with Crippen LogP contribution in [-0.4, -0.2) is 40.9 Å². The molecule has 0 N–H and O–H groups in total. The Balaban J connectivity index is 1.55. The Labute approximate surface area is 170 Å². The summed E-state index contributed by atoms with van der Waals surface area (Å²) in [4.78, 5) is 21.1. The van der Waals surface area contributed by atoms with Crippen LogP contribution in [0.3, 0.4) is 0 Å². The quantitative estimate of drug-likeness (QED) is 0.511. The SMILES string of the molecule is CN(C)c1ccc(C2SCC(=O)N2c2nnc3c4ccccc4nc-3s2)cc1. The third-order valence-corrected chi connectivity index (χ3v) is 6.93. The van der Waals surface area contributed by atoms with E-state index >= 15 is 0 Å². The first-order valence-electron chi connectivity index (χ1n) is 8.85. The summed E-state index contributed by atoms with van der Waals surface area (Å²) < 4.78 is 0. The third kappa shape index (κ3) is 2.80. The van der Waals surface area contributed by atoms with E-state index in [4.69, 9.17) is 0 Å². The van der Waals surface area contributed by atoms with Gasteiger partial charge in [-0.05, 0) is 23.8 Å². The number of thioether (sulfide) groups is 1. The Bertz CT molecular complexity index is 1140. The number of benzene rings is 2. The van der Waals surface area contributed by atoms with Gasteiger partial charge in [0.05, 0.1) is 11.3 Å². The zero-order valence-corrected chi connectivity index (χ0v) is 17.0. The minimum Gasteiger partial charge on any atom is -0.378 e. The van der Waals surface area contributed by atoms with E-state index in [1.165, 1.54) is 11.3 Å². The number of hydrogen-bond acceptors (Lipinski definition) is 7. The molecule has 1 saturated heterocycles. The smallest absolute Gasteiger partial charge is 0.240 e. The third-order valence-electron chi connectivity index (χ3n) is 4.78. The van der Waals surface area contributed by atoms with Crippen molar-refractivity contribution in [1.82, 2.24) is 15.2 Å². The van der Waals surface area contributed by atoms with Crippen LogP contribution >= 0.6 is 23.1 Å². The molecule has 0 aromatic heterocycles. The Morgan fingerprint density at radius 2 is 1.86 bits per heavy atom. The lowest BCUT2D eigenvalue weighted by molar-refractivity contribution is -0.115. The fourth-order valence-electron chi connectivity index (χ4n) is 3.33. The summed E-state index contributed by atoms with van der Waals surface area (Å²) in [5.74, 6) is 0.482. The van der Waals surface area contributed by atoms with Crippen LogP contribution in [0.1, 0.15) is 10.9 Å². The summed E-state index contributed by atoms with van der Waals surface area (Å²) in [5, 5.41) is 11.1. The van der Waals surface area contributed by atoms with E-state index in [9.17, 15) is 4.79 Å². The minimum atomic E-state index is -0.101. The van der Waals surface area contributed by atoms with Crippen molar-refractivity contribution in [3.63, 3.8) is 0 Å². The summed E-state index contributed by atoms with van der Waals surface area (Å²) in [7, 11) is 4.02. The predicted octanol–water partition coefficient (Wildman–Crippen LogP) is 4.04. The van der Waals surface area contributed by atoms with Crippen LogP contribution in [-0.2, 0) is 4.79 Å². The zero-order chi connectivity index (χ0) is 19.3. The van der Waals surface area contributed by atoms with Crippen molar-refractivity contribution < 1.29 is 4.79 Å². The van der Waals surface area contributed by atoms with Crippen molar-refractivity contribution >= 4 is 50.7 Å². The van der Waals surface area contributed by atoms with Gasteiger partial charge in [0.2, 0.25) is 11.0 Å². The fourth-order valence-corrected chi connectivity index (χ4v) is 5.50. The number of fused-ring (bicyclic) bond motifs is 3. The van der Waals surface area contributed by atoms with Crippen molar-refractivity contribution in [3.05, 3.63) is 54.1 Å². The second-order valence-electron chi connectivity index (χ2n) is 6.78. The Kier molecular flexibility index (Phi) is 4.17. The Morgan fingerprint density at radius 3 is 2.64 bits per heavy atom. The molecule has 0 bridgehead atoms. The molecule has 1 amide bonds. The number of carbonyl (C=O) groups excluding carboxylic acids is 1. The zero-order valence-electron chi connectivity index (χ0n) is 15.4. The van der Waals surface area contributed by atoms with E-state index in [2.05, 4.69) is 44.3 Å². The molecule has 6 nitrogen and oxygen atoms in total. The maximum absolute atomic E-state index is 12.7. The van der Waals surface area contributed by atoms with Gasteiger partial charge in [0.25, 0.3) is 0 Å². The molecule has 3 aliphatic heterocycles. The molecule has 0 saturated carbocycles. The second-order valence-corrected chi connectivity index (χ2v) is 8.80. The molecule has 1 fully saturated rings. The Hall–Kier alpha value is -2.71. The minimum absolute atomic E-state index is 0.0488. The molecule has 0 spiro atoms. The van der Waals surface area contributed by atoms with Gasteiger partial charge < -0.3 is 4.90 Å². The molecule has 28 heavy (non-hydrogen) atoms. The van der Waals surface area contributed by atoms with Gasteiger partial charge >= 0.3 is 0 Å². The van der Waals surface area contributed by atoms with E-state index in [0.717, 1.165) is 32.9 Å². The number of amides is 1. The summed E-state index contributed by atoms with van der Waals surface area (Å²) in [6, 6.07) is 16.2. The summed E-state index contributed by atoms with van der Waals surface area (Å²) in [6.45, 7) is 0. The van der Waals surface area contributed by atoms with Gasteiger partial charge in [-0.3, -0.25) is 9.69 Å². The number of hydrogen-bond donors (Lipinski definition) is 0. The molecule has 0 radical (unpaired) electrons. The van der Waals surface area contributed by atoms with Gasteiger partial charge in [-0.1, -0.05) is 41.7 Å². The number of anilines is 2. The van der Waals surface area contributed by atoms with Crippen LogP contribution < -0.4 is 9.80 Å². The molecule has 2 aromatic rings. The Morgan fingerprint density at radius 1 is 1.07 bits per heavy atom. The van der Waals surface area contributed by atoms with Gasteiger partial charge in [0, 0.05) is 25.2 Å². The van der Waals surface area contributed by atoms with E-state index in [1.807, 2.05) is 38.4 Å². The molecule has 140 valence electrons. The first-order valence-corrected chi connectivity index (χ1v) is 10.7. The van der Waals surface area contributed by atoms with Gasteiger partial charge in [-0.2, -0.15) is 0 Å². The van der Waals surface area contributed by atoms with Crippen LogP contribution in [0, 0.1) is 0 Å². The number of para-hydroxylation sites is 1. The standard InChI is InChI=1S/C20H17N5OS2/c1-24(2)13-9-7-12(8-10-13)19-25(16(26)11-27-19)20-23-22-17-14-5-3-4-6-15(14)21-18(17)28-20/h3-10,19H,11H2,1-2H3. The average Bonchev–Trinajstić information content (AvgIpc) is 3.27. The van der Waals surface area contributed by atoms with Crippen molar-refractivity contribution in [2.75, 3.05) is 29.6 Å². The predicted molar refractivity (Wildman–Crippen MR) is 115 cm³/mol. The molecular formula is C20H17N5OS2. The monoisotopic (exact) mass is 407 g/mol. The molecule has 5 rings (SSSR count). The van der Waals surface area contributed by atoms with E-state index in [0.29, 0.717) is 10.9 Å². The molecule has 8 heteroatoms. The van der Waals surface area contributed by atoms with E-state index in [1.54, 1.807) is 16.7 Å². The highest BCUT2D eigenvalue weighted by molar-refractivity contribution is 8.00. The van der Waals surface area contributed by atoms with Crippen LogP contribution in [0.25, 0.3) is 21.6 Å². The van der Waals surface area contributed by atoms with Crippen LogP contribution in [0.4, 0.5) is 10.8 Å². The second kappa shape index (κ2) is 6.72. The highest BCUT2D eigenvalue weighted by Gasteiger charge is 2.36. The van der Waals surface area contributed by atoms with Crippen LogP contribution in [0.2, 0.25) is 0 Å². The summed E-state index contributed by atoms with van der Waals surface area (Å²) >= 11 is 3.03. The normalized spacial score (nSPS) is 17.0. The highest BCUT2D eigenvalue weighted by atomic mass is 32.2. The molecule has 2 aromatic carbocycles. The number of nitrogens with zero attached hydrogens (tertiary/aromatic N) is 5. The lowest BCUT2D eigenvalue weighted by atomic mass is 10.2. The lowest BCUT2D eigenvalue weighted by Crippen LogP contribution is -2.28. The van der Waals surface area contributed by atoms with E-state index in [-0.39, 0.29) is 11.3 Å². The van der Waals surface area contributed by atoms with Crippen LogP contribution in [0.5, 0.6) is 0 Å². The number of carbonyl (C=O) groups is 1. The molecule has 1 atom stereocenters. The number of aromatic nitrogens is 3. The van der Waals surface area contributed by atoms with E-state index < -0.39 is 0 Å². The van der Waals surface area contributed by atoms with Gasteiger partial charge in [-0.15, -0.1) is 22.0 Å². The number of rotatable bonds is 3. The topological polar surface area (TPSA) is 62.2 Å². The fraction of sp³-hybridized carbons (Fsp3) is 0.200. The largest absolute Gasteiger partial charge is 0.378 e. The van der Waals surface area contributed by atoms with Gasteiger partial charge in [0.1, 0.15) is 16.1 Å². The molecule has 3 aliphatic rings.